The lowest BCUT2D eigenvalue weighted by Crippen LogP contribution is -2.37. The molecule has 6 heteroatoms. The van der Waals surface area contributed by atoms with E-state index in [-0.39, 0.29) is 0 Å². The van der Waals surface area contributed by atoms with Crippen molar-refractivity contribution in [3.8, 4) is 0 Å². The van der Waals surface area contributed by atoms with Gasteiger partial charge in [-0.1, -0.05) is 0 Å². The normalized spacial score (nSPS) is 12.8. The van der Waals surface area contributed by atoms with Crippen LogP contribution in [0.3, 0.4) is 0 Å². The molecule has 0 saturated heterocycles. The molecule has 0 rings (SSSR count). The van der Waals surface area contributed by atoms with E-state index in [1.807, 2.05) is 5.43 Å². The molecule has 0 saturated carbocycles. The molecule has 0 aromatic rings. The van der Waals surface area contributed by atoms with E-state index in [1.54, 1.807) is 6.26 Å². The Balaban J connectivity index is 3.24. The fourth-order valence-electron chi connectivity index (χ4n) is 0.157. The topological polar surface area (TPSA) is 81.2 Å². The highest BCUT2D eigenvalue weighted by Crippen LogP contribution is 1.92. The number of nitro groups is 1. The van der Waals surface area contributed by atoms with Gasteiger partial charge in [-0.15, -0.1) is 17.2 Å². The van der Waals surface area contributed by atoms with Crippen molar-refractivity contribution in [3.63, 3.8) is 0 Å². The smallest absolute Gasteiger partial charge is 0.180 e. The first-order valence-electron chi connectivity index (χ1n) is 1.85. The van der Waals surface area contributed by atoms with Crippen molar-refractivity contribution in [2.24, 2.45) is 5.73 Å². The van der Waals surface area contributed by atoms with Gasteiger partial charge in [-0.3, -0.25) is 5.73 Å². The largest absolute Gasteiger partial charge is 0.298 e. The molecule has 1 unspecified atom stereocenters. The average molecular weight is 137 g/mol. The molecular formula is C2H7N3O2S. The Kier molecular flexibility index (Phi) is 3.29. The fraction of sp³-hybridized carbons (Fsp3) is 1.00. The van der Waals surface area contributed by atoms with Crippen molar-refractivity contribution in [2.75, 3.05) is 6.26 Å². The Hall–Kier alpha value is -0.490. The Morgan fingerprint density at radius 2 is 2.50 bits per heavy atom. The molecule has 0 aliphatic heterocycles. The van der Waals surface area contributed by atoms with E-state index < -0.39 is 10.5 Å². The Bertz CT molecular complexity index is 87.4. The zero-order valence-electron chi connectivity index (χ0n) is 4.33. The van der Waals surface area contributed by atoms with Crippen LogP contribution in [-0.4, -0.2) is 16.8 Å². The maximum absolute atomic E-state index is 9.57. The van der Waals surface area contributed by atoms with Crippen LogP contribution < -0.4 is 11.2 Å². The molecule has 0 bridgehead atoms. The first-order chi connectivity index (χ1) is 3.66. The van der Waals surface area contributed by atoms with Gasteiger partial charge in [0.15, 0.2) is 10.5 Å². The van der Waals surface area contributed by atoms with Gasteiger partial charge in [0.25, 0.3) is 0 Å². The van der Waals surface area contributed by atoms with Gasteiger partial charge in [-0.25, -0.2) is 10.1 Å². The van der Waals surface area contributed by atoms with E-state index in [1.165, 1.54) is 11.8 Å². The highest BCUT2D eigenvalue weighted by atomic mass is 32.2. The Morgan fingerprint density at radius 1 is 2.00 bits per heavy atom. The molecule has 0 aromatic heterocycles. The molecule has 0 radical (unpaired) electrons. The van der Waals surface area contributed by atoms with E-state index in [9.17, 15) is 10.1 Å². The van der Waals surface area contributed by atoms with Crippen LogP contribution >= 0.6 is 11.8 Å². The summed E-state index contributed by atoms with van der Waals surface area (Å²) in [5.74, 6) is 0. The number of rotatable bonds is 3. The van der Waals surface area contributed by atoms with E-state index in [4.69, 9.17) is 5.73 Å². The van der Waals surface area contributed by atoms with Crippen LogP contribution in [0.15, 0.2) is 0 Å². The van der Waals surface area contributed by atoms with Crippen molar-refractivity contribution in [1.29, 1.82) is 0 Å². The molecule has 0 spiro atoms. The average Bonchev–Trinajstić information content (AvgIpc) is 1.65. The van der Waals surface area contributed by atoms with Gasteiger partial charge in [0.2, 0.25) is 0 Å². The standard InChI is InChI=1S/C2H7N3O2S/c1-8-2(3)4-5(6)7/h2,4H,3H2,1H3. The molecule has 0 aromatic carbocycles. The lowest BCUT2D eigenvalue weighted by atomic mass is 11.2. The van der Waals surface area contributed by atoms with Crippen molar-refractivity contribution < 1.29 is 5.03 Å². The summed E-state index contributed by atoms with van der Waals surface area (Å²) >= 11 is 1.18. The van der Waals surface area contributed by atoms with Gasteiger partial charge < -0.3 is 0 Å². The number of hydrogen-bond donors (Lipinski definition) is 2. The van der Waals surface area contributed by atoms with E-state index >= 15 is 0 Å². The molecular weight excluding hydrogens is 130 g/mol. The molecule has 48 valence electrons. The predicted octanol–water partition coefficient (Wildman–Crippen LogP) is -0.627. The zero-order chi connectivity index (χ0) is 6.57. The highest BCUT2D eigenvalue weighted by molar-refractivity contribution is 7.99. The van der Waals surface area contributed by atoms with Crippen LogP contribution in [0.2, 0.25) is 0 Å². The number of nitrogens with zero attached hydrogens (tertiary/aromatic N) is 1. The summed E-state index contributed by atoms with van der Waals surface area (Å²) in [5, 5.41) is 8.90. The minimum Gasteiger partial charge on any atom is -0.298 e. The summed E-state index contributed by atoms with van der Waals surface area (Å²) < 4.78 is 0. The minimum absolute atomic E-state index is 0.606. The first kappa shape index (κ1) is 7.51. The molecule has 0 aliphatic rings. The lowest BCUT2D eigenvalue weighted by molar-refractivity contribution is -0.546. The molecule has 0 fully saturated rings. The van der Waals surface area contributed by atoms with Gasteiger partial charge in [0, 0.05) is 0 Å². The molecule has 0 amide bonds. The molecule has 0 heterocycles. The maximum atomic E-state index is 9.57. The second-order valence-electron chi connectivity index (χ2n) is 1.04. The van der Waals surface area contributed by atoms with Crippen LogP contribution in [0.1, 0.15) is 0 Å². The summed E-state index contributed by atoms with van der Waals surface area (Å²) in [6.07, 6.45) is 1.68. The third kappa shape index (κ3) is 3.69. The van der Waals surface area contributed by atoms with Crippen LogP contribution in [-0.2, 0) is 0 Å². The van der Waals surface area contributed by atoms with Crippen LogP contribution in [0.5, 0.6) is 0 Å². The third-order valence-corrected chi connectivity index (χ3v) is 1.10. The quantitative estimate of drug-likeness (QED) is 0.307. The van der Waals surface area contributed by atoms with Crippen molar-refractivity contribution in [1.82, 2.24) is 5.43 Å². The van der Waals surface area contributed by atoms with E-state index in [0.717, 1.165) is 0 Å². The van der Waals surface area contributed by atoms with Gasteiger partial charge in [0.05, 0.1) is 0 Å². The Labute approximate surface area is 50.7 Å². The number of hydrogen-bond acceptors (Lipinski definition) is 4. The second-order valence-corrected chi connectivity index (χ2v) is 2.02. The van der Waals surface area contributed by atoms with Gasteiger partial charge in [0.1, 0.15) is 0 Å². The summed E-state index contributed by atoms with van der Waals surface area (Å²) in [6, 6.07) is 0. The number of hydrazine groups is 1. The first-order valence-corrected chi connectivity index (χ1v) is 3.14. The minimum atomic E-state index is -0.666. The second kappa shape index (κ2) is 3.50. The monoisotopic (exact) mass is 137 g/mol. The summed E-state index contributed by atoms with van der Waals surface area (Å²) in [7, 11) is 0. The molecule has 8 heavy (non-hydrogen) atoms. The van der Waals surface area contributed by atoms with E-state index in [2.05, 4.69) is 0 Å². The predicted molar refractivity (Wildman–Crippen MR) is 31.6 cm³/mol. The Morgan fingerprint density at radius 3 is 2.62 bits per heavy atom. The highest BCUT2D eigenvalue weighted by Gasteiger charge is 2.01. The zero-order valence-corrected chi connectivity index (χ0v) is 5.14. The number of thioether (sulfide) groups is 1. The van der Waals surface area contributed by atoms with Gasteiger partial charge in [-0.05, 0) is 6.26 Å². The molecule has 1 atom stereocenters. The van der Waals surface area contributed by atoms with Crippen molar-refractivity contribution in [2.45, 2.75) is 5.50 Å². The van der Waals surface area contributed by atoms with Crippen LogP contribution in [0.25, 0.3) is 0 Å². The van der Waals surface area contributed by atoms with E-state index in [0.29, 0.717) is 0 Å². The summed E-state index contributed by atoms with van der Waals surface area (Å²) in [5.41, 5.74) is 6.33. The molecule has 5 nitrogen and oxygen atoms in total. The summed E-state index contributed by atoms with van der Waals surface area (Å²) in [6.45, 7) is 0. The maximum Gasteiger partial charge on any atom is 0.180 e. The lowest BCUT2D eigenvalue weighted by Gasteiger charge is -2.01. The van der Waals surface area contributed by atoms with Crippen molar-refractivity contribution in [3.05, 3.63) is 10.1 Å². The van der Waals surface area contributed by atoms with Crippen molar-refractivity contribution >= 4 is 11.8 Å². The number of nitrogens with two attached hydrogens (primary N) is 1. The van der Waals surface area contributed by atoms with Gasteiger partial charge >= 0.3 is 0 Å². The van der Waals surface area contributed by atoms with Crippen LogP contribution in [0.4, 0.5) is 0 Å². The third-order valence-electron chi connectivity index (χ3n) is 0.487. The molecule has 0 aliphatic carbocycles. The van der Waals surface area contributed by atoms with Gasteiger partial charge in [-0.2, -0.15) is 0 Å². The fourth-order valence-corrected chi connectivity index (χ4v) is 0.348. The SMILES string of the molecule is CSC(N)N[N+](=O)[O-]. The molecule has 3 N–H and O–H groups in total. The summed E-state index contributed by atoms with van der Waals surface area (Å²) in [4.78, 5) is 9.57. The number of nitrogens with one attached hydrogen (secondary N) is 1. The van der Waals surface area contributed by atoms with Crippen LogP contribution in [0, 0.1) is 10.1 Å².